The number of hydrogen-bond donors (Lipinski definition) is 1. The minimum absolute atomic E-state index is 0.0121. The van der Waals surface area contributed by atoms with Crippen molar-refractivity contribution in [1.82, 2.24) is 0 Å². The van der Waals surface area contributed by atoms with Crippen LogP contribution in [0.15, 0.2) is 45.8 Å². The zero-order valence-electron chi connectivity index (χ0n) is 10.7. The number of hydrogen-bond acceptors (Lipinski definition) is 4. The Morgan fingerprint density at radius 3 is 2.90 bits per heavy atom. The first kappa shape index (κ1) is 13.8. The van der Waals surface area contributed by atoms with Gasteiger partial charge in [-0.2, -0.15) is 0 Å². The lowest BCUT2D eigenvalue weighted by Crippen LogP contribution is -2.22. The van der Waals surface area contributed by atoms with Crippen LogP contribution in [0.3, 0.4) is 0 Å². The second kappa shape index (κ2) is 6.01. The van der Waals surface area contributed by atoms with Gasteiger partial charge in [0.1, 0.15) is 11.6 Å². The van der Waals surface area contributed by atoms with Gasteiger partial charge in [0.25, 0.3) is 5.91 Å². The molecule has 0 spiro atoms. The van der Waals surface area contributed by atoms with Gasteiger partial charge in [-0.05, 0) is 25.1 Å². The number of carbonyl (C=O) groups excluding carboxylic acids is 1. The summed E-state index contributed by atoms with van der Waals surface area (Å²) in [5.74, 6) is -0.681. The third kappa shape index (κ3) is 3.44. The molecule has 0 unspecified atom stereocenters. The molecule has 2 rings (SSSR count). The summed E-state index contributed by atoms with van der Waals surface area (Å²) >= 11 is 0. The molecule has 1 heterocycles. The number of ether oxygens (including phenoxy) is 1. The SMILES string of the molecule is Cc1occc(=O)c1OCC(=O)Nc1cccc(F)c1. The number of rotatable bonds is 4. The van der Waals surface area contributed by atoms with Gasteiger partial charge in [-0.3, -0.25) is 9.59 Å². The first-order valence-electron chi connectivity index (χ1n) is 5.83. The molecule has 0 saturated carbocycles. The Kier molecular flexibility index (Phi) is 4.14. The molecule has 0 radical (unpaired) electrons. The van der Waals surface area contributed by atoms with Crippen molar-refractivity contribution >= 4 is 11.6 Å². The number of carbonyl (C=O) groups is 1. The van der Waals surface area contributed by atoms with Crippen LogP contribution >= 0.6 is 0 Å². The molecule has 0 saturated heterocycles. The van der Waals surface area contributed by atoms with Crippen LogP contribution < -0.4 is 15.5 Å². The molecule has 0 bridgehead atoms. The Morgan fingerprint density at radius 1 is 1.40 bits per heavy atom. The van der Waals surface area contributed by atoms with Crippen LogP contribution in [-0.2, 0) is 4.79 Å². The summed E-state index contributed by atoms with van der Waals surface area (Å²) in [6.45, 7) is 1.19. The molecule has 0 atom stereocenters. The summed E-state index contributed by atoms with van der Waals surface area (Å²) in [5.41, 5.74) is -0.0530. The smallest absolute Gasteiger partial charge is 0.262 e. The maximum Gasteiger partial charge on any atom is 0.262 e. The van der Waals surface area contributed by atoms with Crippen molar-refractivity contribution in [2.75, 3.05) is 11.9 Å². The van der Waals surface area contributed by atoms with Crippen molar-refractivity contribution in [2.24, 2.45) is 0 Å². The van der Waals surface area contributed by atoms with Crippen LogP contribution in [0.25, 0.3) is 0 Å². The fraction of sp³-hybridized carbons (Fsp3) is 0.143. The molecule has 2 aromatic rings. The molecule has 6 heteroatoms. The van der Waals surface area contributed by atoms with Crippen LogP contribution in [0.2, 0.25) is 0 Å². The largest absolute Gasteiger partial charge is 0.476 e. The second-order valence-electron chi connectivity index (χ2n) is 4.02. The highest BCUT2D eigenvalue weighted by molar-refractivity contribution is 5.91. The van der Waals surface area contributed by atoms with Crippen molar-refractivity contribution < 1.29 is 18.3 Å². The second-order valence-corrected chi connectivity index (χ2v) is 4.02. The predicted molar refractivity (Wildman–Crippen MR) is 70.2 cm³/mol. The molecule has 104 valence electrons. The number of aryl methyl sites for hydroxylation is 1. The fourth-order valence-electron chi connectivity index (χ4n) is 1.57. The highest BCUT2D eigenvalue weighted by atomic mass is 19.1. The molecular weight excluding hydrogens is 265 g/mol. The number of anilines is 1. The summed E-state index contributed by atoms with van der Waals surface area (Å²) in [6, 6.07) is 6.67. The Bertz CT molecular complexity index is 681. The van der Waals surface area contributed by atoms with Crippen molar-refractivity contribution in [3.05, 3.63) is 58.4 Å². The van der Waals surface area contributed by atoms with Gasteiger partial charge in [-0.1, -0.05) is 6.07 Å². The highest BCUT2D eigenvalue weighted by Crippen LogP contribution is 2.11. The van der Waals surface area contributed by atoms with Gasteiger partial charge in [-0.25, -0.2) is 4.39 Å². The molecule has 0 aliphatic carbocycles. The Hall–Kier alpha value is -2.63. The topological polar surface area (TPSA) is 68.5 Å². The van der Waals surface area contributed by atoms with Gasteiger partial charge >= 0.3 is 0 Å². The minimum Gasteiger partial charge on any atom is -0.476 e. The number of benzene rings is 1. The summed E-state index contributed by atoms with van der Waals surface area (Å²) < 4.78 is 23.1. The normalized spacial score (nSPS) is 10.1. The average molecular weight is 277 g/mol. The van der Waals surface area contributed by atoms with E-state index < -0.39 is 11.7 Å². The molecule has 0 aliphatic rings. The van der Waals surface area contributed by atoms with Crippen LogP contribution in [0.4, 0.5) is 10.1 Å². The Labute approximate surface area is 114 Å². The zero-order chi connectivity index (χ0) is 14.5. The third-order valence-corrected chi connectivity index (χ3v) is 2.46. The average Bonchev–Trinajstić information content (AvgIpc) is 2.38. The zero-order valence-corrected chi connectivity index (χ0v) is 10.7. The van der Waals surface area contributed by atoms with E-state index in [9.17, 15) is 14.0 Å². The van der Waals surface area contributed by atoms with E-state index in [-0.39, 0.29) is 23.5 Å². The quantitative estimate of drug-likeness (QED) is 0.929. The standard InChI is InChI=1S/C14H12FNO4/c1-9-14(12(17)5-6-19-9)20-8-13(18)16-11-4-2-3-10(15)7-11/h2-7H,8H2,1H3,(H,16,18). The van der Waals surface area contributed by atoms with Gasteiger partial charge in [-0.15, -0.1) is 0 Å². The molecule has 1 N–H and O–H groups in total. The van der Waals surface area contributed by atoms with Crippen molar-refractivity contribution in [3.8, 4) is 5.75 Å². The van der Waals surface area contributed by atoms with Gasteiger partial charge in [0.2, 0.25) is 11.2 Å². The van der Waals surface area contributed by atoms with E-state index in [0.717, 1.165) is 0 Å². The van der Waals surface area contributed by atoms with Gasteiger partial charge in [0, 0.05) is 11.8 Å². The van der Waals surface area contributed by atoms with Crippen molar-refractivity contribution in [1.29, 1.82) is 0 Å². The molecule has 0 aliphatic heterocycles. The van der Waals surface area contributed by atoms with Crippen molar-refractivity contribution in [3.63, 3.8) is 0 Å². The molecule has 1 amide bonds. The molecule has 0 fully saturated rings. The van der Waals surface area contributed by atoms with E-state index in [2.05, 4.69) is 5.32 Å². The van der Waals surface area contributed by atoms with E-state index >= 15 is 0 Å². The summed E-state index contributed by atoms with van der Waals surface area (Å²) in [4.78, 5) is 23.1. The molecule has 20 heavy (non-hydrogen) atoms. The van der Waals surface area contributed by atoms with Crippen LogP contribution in [0.5, 0.6) is 5.75 Å². The maximum absolute atomic E-state index is 12.9. The molecule has 1 aromatic carbocycles. The monoisotopic (exact) mass is 277 g/mol. The minimum atomic E-state index is -0.502. The first-order valence-corrected chi connectivity index (χ1v) is 5.83. The predicted octanol–water partition coefficient (Wildman–Crippen LogP) is 2.10. The lowest BCUT2D eigenvalue weighted by Gasteiger charge is -2.08. The summed E-state index contributed by atoms with van der Waals surface area (Å²) in [5, 5.41) is 2.46. The number of nitrogens with one attached hydrogen (secondary N) is 1. The van der Waals surface area contributed by atoms with E-state index in [4.69, 9.17) is 9.15 Å². The fourth-order valence-corrected chi connectivity index (χ4v) is 1.57. The van der Waals surface area contributed by atoms with Crippen LogP contribution in [-0.4, -0.2) is 12.5 Å². The summed E-state index contributed by atoms with van der Waals surface area (Å²) in [7, 11) is 0. The molecule has 5 nitrogen and oxygen atoms in total. The Balaban J connectivity index is 1.98. The van der Waals surface area contributed by atoms with E-state index in [1.54, 1.807) is 13.0 Å². The van der Waals surface area contributed by atoms with E-state index in [0.29, 0.717) is 5.69 Å². The lowest BCUT2D eigenvalue weighted by atomic mass is 10.3. The van der Waals surface area contributed by atoms with Crippen LogP contribution in [0.1, 0.15) is 5.76 Å². The van der Waals surface area contributed by atoms with Gasteiger partial charge in [0.15, 0.2) is 6.61 Å². The third-order valence-electron chi connectivity index (χ3n) is 2.46. The number of amides is 1. The summed E-state index contributed by atoms with van der Waals surface area (Å²) in [6.07, 6.45) is 1.25. The molecular formula is C14H12FNO4. The van der Waals surface area contributed by atoms with E-state index in [1.807, 2.05) is 0 Å². The maximum atomic E-state index is 12.9. The van der Waals surface area contributed by atoms with E-state index in [1.165, 1.54) is 30.5 Å². The van der Waals surface area contributed by atoms with Gasteiger partial charge < -0.3 is 14.5 Å². The number of halogens is 1. The van der Waals surface area contributed by atoms with Crippen LogP contribution in [0, 0.1) is 12.7 Å². The highest BCUT2D eigenvalue weighted by Gasteiger charge is 2.10. The Morgan fingerprint density at radius 2 is 2.20 bits per heavy atom. The molecule has 1 aromatic heterocycles. The van der Waals surface area contributed by atoms with Crippen molar-refractivity contribution in [2.45, 2.75) is 6.92 Å². The first-order chi connectivity index (χ1) is 9.56. The lowest BCUT2D eigenvalue weighted by molar-refractivity contribution is -0.118. The van der Waals surface area contributed by atoms with Gasteiger partial charge in [0.05, 0.1) is 6.26 Å².